The lowest BCUT2D eigenvalue weighted by Crippen LogP contribution is -2.39. The quantitative estimate of drug-likeness (QED) is 0.407. The number of halogens is 1. The van der Waals surface area contributed by atoms with E-state index in [1.807, 2.05) is 60.7 Å². The van der Waals surface area contributed by atoms with Gasteiger partial charge < -0.3 is 19.2 Å². The Bertz CT molecular complexity index is 1150. The molecule has 0 bridgehead atoms. The van der Waals surface area contributed by atoms with E-state index in [0.29, 0.717) is 23.9 Å². The summed E-state index contributed by atoms with van der Waals surface area (Å²) in [5.41, 5.74) is 2.93. The van der Waals surface area contributed by atoms with Crippen LogP contribution in [0.1, 0.15) is 30.4 Å². The molecule has 1 fully saturated rings. The molecule has 1 aromatic heterocycles. The van der Waals surface area contributed by atoms with Crippen LogP contribution >= 0.6 is 11.6 Å². The Hall–Kier alpha value is -3.09. The van der Waals surface area contributed by atoms with Crippen LogP contribution in [-0.4, -0.2) is 47.9 Å². The maximum Gasteiger partial charge on any atom is 0.252 e. The van der Waals surface area contributed by atoms with Crippen LogP contribution in [0.4, 0.5) is 0 Å². The van der Waals surface area contributed by atoms with E-state index in [1.165, 1.54) is 0 Å². The van der Waals surface area contributed by atoms with Crippen LogP contribution in [-0.2, 0) is 6.42 Å². The molecule has 0 N–H and O–H groups in total. The van der Waals surface area contributed by atoms with E-state index in [9.17, 15) is 0 Å². The minimum Gasteiger partial charge on any atom is -0.494 e. The number of benzene rings is 2. The third-order valence-corrected chi connectivity index (χ3v) is 6.37. The third-order valence-electron chi connectivity index (χ3n) is 6.14. The maximum absolute atomic E-state index is 6.09. The molecular weight excluding hydrogens is 450 g/mol. The van der Waals surface area contributed by atoms with Crippen molar-refractivity contribution in [2.75, 3.05) is 26.2 Å². The molecule has 0 aliphatic carbocycles. The van der Waals surface area contributed by atoms with Gasteiger partial charge in [-0.1, -0.05) is 41.0 Å². The normalized spacial score (nSPS) is 16.3. The third kappa shape index (κ3) is 5.88. The van der Waals surface area contributed by atoms with Crippen LogP contribution in [0.3, 0.4) is 0 Å². The highest BCUT2D eigenvalue weighted by Crippen LogP contribution is 2.25. The molecule has 0 radical (unpaired) electrons. The molecule has 7 heteroatoms. The molecule has 1 saturated heterocycles. The zero-order chi connectivity index (χ0) is 23.2. The fourth-order valence-electron chi connectivity index (χ4n) is 4.33. The molecule has 2 aromatic carbocycles. The summed E-state index contributed by atoms with van der Waals surface area (Å²) in [6, 6.07) is 19.6. The number of nitrogens with zero attached hydrogens (tertiary/aromatic N) is 3. The van der Waals surface area contributed by atoms with Crippen molar-refractivity contribution in [3.8, 4) is 17.4 Å². The van der Waals surface area contributed by atoms with Gasteiger partial charge in [-0.05, 0) is 55.7 Å². The first-order valence-electron chi connectivity index (χ1n) is 11.8. The van der Waals surface area contributed by atoms with E-state index in [4.69, 9.17) is 25.9 Å². The standard InChI is InChI=1S/C27H28ClN3O3/c28-22-7-2-9-25(19-22)33-23-10-14-31(15-11-23)13-4-16-32-24-8-1-5-20(17-24)26-18-21-6-3-12-29-27(21)34-30-26/h1-3,5-9,12,17,19,23H,4,10-11,13-16,18H2. The van der Waals surface area contributed by atoms with Gasteiger partial charge in [-0.2, -0.15) is 0 Å². The predicted octanol–water partition coefficient (Wildman–Crippen LogP) is 5.39. The van der Waals surface area contributed by atoms with E-state index < -0.39 is 0 Å². The van der Waals surface area contributed by atoms with Gasteiger partial charge in [0, 0.05) is 48.4 Å². The number of ether oxygens (including phenoxy) is 2. The Kier molecular flexibility index (Phi) is 7.27. The lowest BCUT2D eigenvalue weighted by molar-refractivity contribution is 0.0972. The molecule has 0 amide bonds. The molecule has 2 aliphatic heterocycles. The van der Waals surface area contributed by atoms with Gasteiger partial charge in [-0.3, -0.25) is 0 Å². The van der Waals surface area contributed by atoms with Gasteiger partial charge in [-0.25, -0.2) is 4.98 Å². The van der Waals surface area contributed by atoms with Crippen LogP contribution in [0.15, 0.2) is 72.0 Å². The summed E-state index contributed by atoms with van der Waals surface area (Å²) in [5.74, 6) is 2.29. The molecule has 0 unspecified atom stereocenters. The highest BCUT2D eigenvalue weighted by molar-refractivity contribution is 6.30. The second-order valence-corrected chi connectivity index (χ2v) is 9.06. The summed E-state index contributed by atoms with van der Waals surface area (Å²) in [6.07, 6.45) is 5.70. The van der Waals surface area contributed by atoms with Gasteiger partial charge in [-0.15, -0.1) is 0 Å². The van der Waals surface area contributed by atoms with Crippen molar-refractivity contribution in [3.05, 3.63) is 83.0 Å². The van der Waals surface area contributed by atoms with Gasteiger partial charge in [0.1, 0.15) is 17.6 Å². The molecule has 5 rings (SSSR count). The van der Waals surface area contributed by atoms with Gasteiger partial charge in [0.15, 0.2) is 0 Å². The number of rotatable bonds is 8. The summed E-state index contributed by atoms with van der Waals surface area (Å²) in [4.78, 5) is 12.2. The van der Waals surface area contributed by atoms with Crippen molar-refractivity contribution in [2.45, 2.75) is 31.8 Å². The number of hydrogen-bond donors (Lipinski definition) is 0. The number of pyridine rings is 1. The molecule has 34 heavy (non-hydrogen) atoms. The van der Waals surface area contributed by atoms with E-state index in [2.05, 4.69) is 15.0 Å². The fourth-order valence-corrected chi connectivity index (χ4v) is 4.51. The van der Waals surface area contributed by atoms with Crippen molar-refractivity contribution in [1.29, 1.82) is 0 Å². The van der Waals surface area contributed by atoms with Crippen molar-refractivity contribution in [1.82, 2.24) is 9.88 Å². The fraction of sp³-hybridized carbons (Fsp3) is 0.333. The molecule has 3 heterocycles. The monoisotopic (exact) mass is 477 g/mol. The maximum atomic E-state index is 6.09. The van der Waals surface area contributed by atoms with E-state index >= 15 is 0 Å². The average Bonchev–Trinajstić information content (AvgIpc) is 2.87. The van der Waals surface area contributed by atoms with Crippen molar-refractivity contribution in [3.63, 3.8) is 0 Å². The molecule has 0 atom stereocenters. The zero-order valence-electron chi connectivity index (χ0n) is 19.0. The largest absolute Gasteiger partial charge is 0.494 e. The summed E-state index contributed by atoms with van der Waals surface area (Å²) in [6.45, 7) is 3.78. The molecule has 0 saturated carbocycles. The molecule has 0 spiro atoms. The van der Waals surface area contributed by atoms with Crippen LogP contribution in [0.2, 0.25) is 5.02 Å². The highest BCUT2D eigenvalue weighted by Gasteiger charge is 2.20. The van der Waals surface area contributed by atoms with Gasteiger partial charge >= 0.3 is 0 Å². The Morgan fingerprint density at radius 3 is 2.74 bits per heavy atom. The lowest BCUT2D eigenvalue weighted by atomic mass is 10.0. The summed E-state index contributed by atoms with van der Waals surface area (Å²) in [7, 11) is 0. The first-order valence-corrected chi connectivity index (χ1v) is 12.2. The van der Waals surface area contributed by atoms with Gasteiger partial charge in [0.2, 0.25) is 0 Å². The molecule has 176 valence electrons. The first kappa shape index (κ1) is 22.7. The lowest BCUT2D eigenvalue weighted by Gasteiger charge is -2.32. The summed E-state index contributed by atoms with van der Waals surface area (Å²) in [5, 5.41) is 4.96. The molecular formula is C27H28ClN3O3. The van der Waals surface area contributed by atoms with E-state index in [-0.39, 0.29) is 6.10 Å². The Morgan fingerprint density at radius 1 is 1.00 bits per heavy atom. The van der Waals surface area contributed by atoms with E-state index in [0.717, 1.165) is 67.2 Å². The second kappa shape index (κ2) is 10.9. The zero-order valence-corrected chi connectivity index (χ0v) is 19.8. The predicted molar refractivity (Wildman–Crippen MR) is 133 cm³/mol. The highest BCUT2D eigenvalue weighted by atomic mass is 35.5. The summed E-state index contributed by atoms with van der Waals surface area (Å²) >= 11 is 6.05. The van der Waals surface area contributed by atoms with Crippen LogP contribution in [0.5, 0.6) is 17.4 Å². The Labute approximate surface area is 205 Å². The molecule has 6 nitrogen and oxygen atoms in total. The SMILES string of the molecule is Clc1cccc(OC2CCN(CCCOc3cccc(C4=NOc5ncccc5C4)c3)CC2)c1. The molecule has 3 aromatic rings. The van der Waals surface area contributed by atoms with Gasteiger partial charge in [0.05, 0.1) is 12.3 Å². The number of hydrogen-bond acceptors (Lipinski definition) is 6. The first-order chi connectivity index (χ1) is 16.7. The van der Waals surface area contributed by atoms with Crippen LogP contribution in [0.25, 0.3) is 0 Å². The molecule has 2 aliphatic rings. The number of likely N-dealkylation sites (tertiary alicyclic amines) is 1. The van der Waals surface area contributed by atoms with Crippen LogP contribution < -0.4 is 14.3 Å². The van der Waals surface area contributed by atoms with Crippen LogP contribution in [0, 0.1) is 0 Å². The number of aromatic nitrogens is 1. The topological polar surface area (TPSA) is 56.2 Å². The van der Waals surface area contributed by atoms with Crippen molar-refractivity contribution in [2.24, 2.45) is 5.16 Å². The van der Waals surface area contributed by atoms with Gasteiger partial charge in [0.25, 0.3) is 5.88 Å². The minimum atomic E-state index is 0.253. The second-order valence-electron chi connectivity index (χ2n) is 8.62. The smallest absolute Gasteiger partial charge is 0.252 e. The Morgan fingerprint density at radius 2 is 1.85 bits per heavy atom. The summed E-state index contributed by atoms with van der Waals surface area (Å²) < 4.78 is 12.1. The minimum absolute atomic E-state index is 0.253. The van der Waals surface area contributed by atoms with Crippen molar-refractivity contribution >= 4 is 17.3 Å². The van der Waals surface area contributed by atoms with E-state index in [1.54, 1.807) is 6.20 Å². The number of oxime groups is 1. The number of piperidine rings is 1. The van der Waals surface area contributed by atoms with Crippen molar-refractivity contribution < 1.29 is 14.3 Å². The average molecular weight is 478 g/mol. The Balaban J connectivity index is 1.04. The number of fused-ring (bicyclic) bond motifs is 1.